The number of methoxy groups -OCH3 is 1. The number of halogens is 1. The Kier molecular flexibility index (Phi) is 4.11. The molecule has 0 radical (unpaired) electrons. The summed E-state index contributed by atoms with van der Waals surface area (Å²) in [5, 5.41) is 0. The van der Waals surface area contributed by atoms with Crippen molar-refractivity contribution in [2.45, 2.75) is 0 Å². The quantitative estimate of drug-likeness (QED) is 0.679. The minimum atomic E-state index is -0.396. The summed E-state index contributed by atoms with van der Waals surface area (Å²) in [6, 6.07) is 19.0. The maximum atomic E-state index is 12.1. The van der Waals surface area contributed by atoms with Crippen molar-refractivity contribution in [1.82, 2.24) is 0 Å². The molecule has 0 unspecified atom stereocenters. The van der Waals surface area contributed by atoms with Gasteiger partial charge in [-0.05, 0) is 39.7 Å². The lowest BCUT2D eigenvalue weighted by Crippen LogP contribution is -2.02. The first kappa shape index (κ1) is 14.6. The van der Waals surface area contributed by atoms with Gasteiger partial charge in [0.2, 0.25) is 0 Å². The number of hydrogen-bond donors (Lipinski definition) is 0. The van der Waals surface area contributed by atoms with Crippen molar-refractivity contribution in [2.75, 3.05) is 7.11 Å². The molecule has 3 nitrogen and oxygen atoms in total. The van der Waals surface area contributed by atoms with Gasteiger partial charge in [0.15, 0.2) is 0 Å². The highest BCUT2D eigenvalue weighted by Crippen LogP contribution is 2.31. The van der Waals surface area contributed by atoms with E-state index < -0.39 is 5.63 Å². The second kappa shape index (κ2) is 6.20. The Morgan fingerprint density at radius 3 is 2.27 bits per heavy atom. The van der Waals surface area contributed by atoms with Gasteiger partial charge in [0, 0.05) is 11.1 Å². The van der Waals surface area contributed by atoms with Crippen molar-refractivity contribution >= 4 is 15.9 Å². The van der Waals surface area contributed by atoms with E-state index >= 15 is 0 Å². The van der Waals surface area contributed by atoms with Crippen LogP contribution < -0.4 is 10.4 Å². The van der Waals surface area contributed by atoms with E-state index in [0.29, 0.717) is 10.2 Å². The van der Waals surface area contributed by atoms with Gasteiger partial charge in [0.05, 0.1) is 7.11 Å². The normalized spacial score (nSPS) is 10.5. The molecular formula is C18H13BrO3. The molecule has 1 aromatic heterocycles. The Morgan fingerprint density at radius 2 is 1.64 bits per heavy atom. The zero-order valence-electron chi connectivity index (χ0n) is 11.9. The lowest BCUT2D eigenvalue weighted by molar-refractivity contribution is 0.415. The van der Waals surface area contributed by atoms with E-state index in [4.69, 9.17) is 9.15 Å². The highest BCUT2D eigenvalue weighted by Gasteiger charge is 2.12. The Labute approximate surface area is 136 Å². The molecule has 0 spiro atoms. The van der Waals surface area contributed by atoms with E-state index in [1.165, 1.54) is 0 Å². The molecule has 0 N–H and O–H groups in total. The summed E-state index contributed by atoms with van der Waals surface area (Å²) in [4.78, 5) is 12.1. The first-order chi connectivity index (χ1) is 10.7. The average Bonchev–Trinajstić information content (AvgIpc) is 2.58. The molecule has 0 aliphatic carbocycles. The molecule has 22 heavy (non-hydrogen) atoms. The van der Waals surface area contributed by atoms with Crippen LogP contribution in [0.25, 0.3) is 22.5 Å². The lowest BCUT2D eigenvalue weighted by atomic mass is 10.0. The molecule has 0 fully saturated rings. The van der Waals surface area contributed by atoms with Crippen molar-refractivity contribution in [1.29, 1.82) is 0 Å². The molecule has 110 valence electrons. The van der Waals surface area contributed by atoms with Crippen LogP contribution >= 0.6 is 15.9 Å². The Bertz CT molecular complexity index is 836. The van der Waals surface area contributed by atoms with E-state index in [-0.39, 0.29) is 0 Å². The standard InChI is InChI=1S/C18H13BrO3/c1-21-14-9-7-12(8-10-14)15-11-16(22-18(20)17(15)19)13-5-3-2-4-6-13/h2-11H,1H3. The highest BCUT2D eigenvalue weighted by atomic mass is 79.9. The zero-order chi connectivity index (χ0) is 15.5. The summed E-state index contributed by atoms with van der Waals surface area (Å²) in [5.74, 6) is 1.31. The van der Waals surface area contributed by atoms with E-state index in [2.05, 4.69) is 15.9 Å². The van der Waals surface area contributed by atoms with Crippen LogP contribution in [0.2, 0.25) is 0 Å². The molecule has 1 heterocycles. The first-order valence-corrected chi connectivity index (χ1v) is 7.52. The molecular weight excluding hydrogens is 344 g/mol. The fraction of sp³-hybridized carbons (Fsp3) is 0.0556. The van der Waals surface area contributed by atoms with Crippen LogP contribution in [0.4, 0.5) is 0 Å². The van der Waals surface area contributed by atoms with Crippen LogP contribution in [-0.2, 0) is 0 Å². The van der Waals surface area contributed by atoms with Gasteiger partial charge in [0.1, 0.15) is 16.0 Å². The van der Waals surface area contributed by atoms with Crippen molar-refractivity contribution in [3.8, 4) is 28.2 Å². The Hall–Kier alpha value is -2.33. The summed E-state index contributed by atoms with van der Waals surface area (Å²) >= 11 is 3.32. The molecule has 0 aliphatic heterocycles. The summed E-state index contributed by atoms with van der Waals surface area (Å²) in [7, 11) is 1.62. The SMILES string of the molecule is COc1ccc(-c2cc(-c3ccccc3)oc(=O)c2Br)cc1. The average molecular weight is 357 g/mol. The summed E-state index contributed by atoms with van der Waals surface area (Å²) in [6.07, 6.45) is 0. The Morgan fingerprint density at radius 1 is 0.955 bits per heavy atom. The third kappa shape index (κ3) is 2.83. The monoisotopic (exact) mass is 356 g/mol. The second-order valence-electron chi connectivity index (χ2n) is 4.72. The fourth-order valence-corrected chi connectivity index (χ4v) is 2.63. The number of ether oxygens (including phenoxy) is 1. The molecule has 0 atom stereocenters. The van der Waals surface area contributed by atoms with Crippen LogP contribution in [0.1, 0.15) is 0 Å². The van der Waals surface area contributed by atoms with Gasteiger partial charge in [-0.15, -0.1) is 0 Å². The van der Waals surface area contributed by atoms with E-state index in [9.17, 15) is 4.79 Å². The predicted molar refractivity (Wildman–Crippen MR) is 90.1 cm³/mol. The smallest absolute Gasteiger partial charge is 0.351 e. The van der Waals surface area contributed by atoms with Gasteiger partial charge in [0.25, 0.3) is 0 Å². The van der Waals surface area contributed by atoms with Crippen LogP contribution in [-0.4, -0.2) is 7.11 Å². The van der Waals surface area contributed by atoms with Crippen molar-refractivity contribution in [3.05, 3.63) is 75.6 Å². The van der Waals surface area contributed by atoms with Gasteiger partial charge in [-0.25, -0.2) is 4.79 Å². The van der Waals surface area contributed by atoms with Gasteiger partial charge in [-0.2, -0.15) is 0 Å². The molecule has 0 bridgehead atoms. The molecule has 0 saturated heterocycles. The topological polar surface area (TPSA) is 39.4 Å². The molecule has 2 aromatic carbocycles. The van der Waals surface area contributed by atoms with Gasteiger partial charge in [-0.3, -0.25) is 0 Å². The van der Waals surface area contributed by atoms with E-state index in [1.807, 2.05) is 60.7 Å². The summed E-state index contributed by atoms with van der Waals surface area (Å²) in [6.45, 7) is 0. The maximum Gasteiger partial charge on any atom is 0.351 e. The van der Waals surface area contributed by atoms with Crippen LogP contribution in [0.15, 0.2) is 74.3 Å². The highest BCUT2D eigenvalue weighted by molar-refractivity contribution is 9.10. The Balaban J connectivity index is 2.14. The van der Waals surface area contributed by atoms with Crippen LogP contribution in [0.3, 0.4) is 0 Å². The van der Waals surface area contributed by atoms with E-state index in [0.717, 1.165) is 22.4 Å². The summed E-state index contributed by atoms with van der Waals surface area (Å²) < 4.78 is 10.9. The molecule has 4 heteroatoms. The van der Waals surface area contributed by atoms with Crippen LogP contribution in [0, 0.1) is 0 Å². The summed E-state index contributed by atoms with van der Waals surface area (Å²) in [5.41, 5.74) is 2.17. The molecule has 0 saturated carbocycles. The van der Waals surface area contributed by atoms with Gasteiger partial charge >= 0.3 is 5.63 Å². The van der Waals surface area contributed by atoms with Crippen molar-refractivity contribution in [2.24, 2.45) is 0 Å². The zero-order valence-corrected chi connectivity index (χ0v) is 13.5. The van der Waals surface area contributed by atoms with Gasteiger partial charge < -0.3 is 9.15 Å². The predicted octanol–water partition coefficient (Wildman–Crippen LogP) is 4.74. The van der Waals surface area contributed by atoms with E-state index in [1.54, 1.807) is 7.11 Å². The number of benzene rings is 2. The largest absolute Gasteiger partial charge is 0.497 e. The second-order valence-corrected chi connectivity index (χ2v) is 5.51. The minimum Gasteiger partial charge on any atom is -0.497 e. The van der Waals surface area contributed by atoms with Gasteiger partial charge in [-0.1, -0.05) is 42.5 Å². The molecule has 3 rings (SSSR count). The maximum absolute atomic E-state index is 12.1. The lowest BCUT2D eigenvalue weighted by Gasteiger charge is -2.08. The first-order valence-electron chi connectivity index (χ1n) is 6.72. The molecule has 0 aliphatic rings. The third-order valence-corrected chi connectivity index (χ3v) is 4.10. The van der Waals surface area contributed by atoms with Crippen LogP contribution in [0.5, 0.6) is 5.75 Å². The van der Waals surface area contributed by atoms with Crippen molar-refractivity contribution in [3.63, 3.8) is 0 Å². The molecule has 0 amide bonds. The minimum absolute atomic E-state index is 0.396. The van der Waals surface area contributed by atoms with Crippen molar-refractivity contribution < 1.29 is 9.15 Å². The number of hydrogen-bond acceptors (Lipinski definition) is 3. The fourth-order valence-electron chi connectivity index (χ4n) is 2.20. The third-order valence-electron chi connectivity index (χ3n) is 3.35. The number of rotatable bonds is 3. The molecule has 3 aromatic rings.